The van der Waals surface area contributed by atoms with Gasteiger partial charge in [-0.2, -0.15) is 0 Å². The van der Waals surface area contributed by atoms with E-state index in [-0.39, 0.29) is 14.9 Å². The Morgan fingerprint density at radius 3 is 2.20 bits per heavy atom. The molecule has 1 aliphatic rings. The average Bonchev–Trinajstić information content (AvgIpc) is 2.55. The van der Waals surface area contributed by atoms with Crippen molar-refractivity contribution in [2.75, 3.05) is 42.8 Å². The lowest BCUT2D eigenvalue weighted by atomic mass is 10.2. The predicted molar refractivity (Wildman–Crippen MR) is 103 cm³/mol. The van der Waals surface area contributed by atoms with E-state index < -0.39 is 10.0 Å². The first-order chi connectivity index (χ1) is 11.8. The lowest BCUT2D eigenvalue weighted by molar-refractivity contribution is 0.313. The second kappa shape index (κ2) is 7.41. The summed E-state index contributed by atoms with van der Waals surface area (Å²) in [4.78, 5) is 4.47. The molecule has 3 rings (SSSR count). The second-order valence-electron chi connectivity index (χ2n) is 6.02. The molecule has 0 bridgehead atoms. The Labute approximate surface area is 158 Å². The zero-order valence-electron chi connectivity index (χ0n) is 13.7. The van der Waals surface area contributed by atoms with E-state index in [2.05, 4.69) is 21.6 Å². The number of para-hydroxylation sites is 2. The summed E-state index contributed by atoms with van der Waals surface area (Å²) in [5.74, 6) is 0. The Morgan fingerprint density at radius 2 is 1.56 bits per heavy atom. The third-order valence-electron chi connectivity index (χ3n) is 4.14. The van der Waals surface area contributed by atoms with Crippen LogP contribution in [0.1, 0.15) is 0 Å². The van der Waals surface area contributed by atoms with Gasteiger partial charge in [0.15, 0.2) is 0 Å². The molecule has 0 aromatic heterocycles. The van der Waals surface area contributed by atoms with Crippen LogP contribution < -0.4 is 9.62 Å². The number of sulfonamides is 1. The Bertz CT molecular complexity index is 846. The molecular weight excluding hydrogens is 381 g/mol. The summed E-state index contributed by atoms with van der Waals surface area (Å²) in [5.41, 5.74) is 1.41. The molecule has 1 N–H and O–H groups in total. The summed E-state index contributed by atoms with van der Waals surface area (Å²) in [7, 11) is -1.71. The lowest BCUT2D eigenvalue weighted by Gasteiger charge is -2.35. The van der Waals surface area contributed by atoms with E-state index in [0.717, 1.165) is 31.9 Å². The molecule has 2 aromatic rings. The number of anilines is 2. The summed E-state index contributed by atoms with van der Waals surface area (Å²) in [5, 5.41) is 0.556. The quantitative estimate of drug-likeness (QED) is 0.853. The van der Waals surface area contributed by atoms with Crippen LogP contribution in [0.4, 0.5) is 11.4 Å². The van der Waals surface area contributed by atoms with Crippen LogP contribution in [0.15, 0.2) is 47.4 Å². The smallest absolute Gasteiger partial charge is 0.262 e. The third kappa shape index (κ3) is 4.39. The van der Waals surface area contributed by atoms with Gasteiger partial charge in [-0.25, -0.2) is 8.42 Å². The van der Waals surface area contributed by atoms with Crippen molar-refractivity contribution in [3.63, 3.8) is 0 Å². The molecule has 1 aliphatic heterocycles. The van der Waals surface area contributed by atoms with E-state index in [1.807, 2.05) is 18.2 Å². The Balaban J connectivity index is 1.90. The number of nitrogens with one attached hydrogen (secondary N) is 1. The van der Waals surface area contributed by atoms with Gasteiger partial charge in [0, 0.05) is 36.2 Å². The molecule has 0 aliphatic carbocycles. The summed E-state index contributed by atoms with van der Waals surface area (Å²) in [6.07, 6.45) is 0. The summed E-state index contributed by atoms with van der Waals surface area (Å²) in [6, 6.07) is 11.7. The second-order valence-corrected chi connectivity index (χ2v) is 8.57. The molecule has 1 saturated heterocycles. The fourth-order valence-electron chi connectivity index (χ4n) is 2.77. The van der Waals surface area contributed by atoms with Crippen molar-refractivity contribution in [1.29, 1.82) is 0 Å². The molecule has 8 heteroatoms. The molecule has 0 atom stereocenters. The van der Waals surface area contributed by atoms with Crippen molar-refractivity contribution in [2.24, 2.45) is 0 Å². The minimum atomic E-state index is -3.79. The Kier molecular flexibility index (Phi) is 5.43. The monoisotopic (exact) mass is 399 g/mol. The Hall–Kier alpha value is -1.47. The minimum Gasteiger partial charge on any atom is -0.367 e. The van der Waals surface area contributed by atoms with Gasteiger partial charge < -0.3 is 9.80 Å². The SMILES string of the molecule is CN1CCN(c2ccccc2NS(=O)(=O)c2cc(Cl)cc(Cl)c2)CC1. The topological polar surface area (TPSA) is 52.6 Å². The number of hydrogen-bond acceptors (Lipinski definition) is 4. The number of hydrogen-bond donors (Lipinski definition) is 1. The van der Waals surface area contributed by atoms with Crippen LogP contribution in [0.2, 0.25) is 10.0 Å². The van der Waals surface area contributed by atoms with Gasteiger partial charge in [-0.15, -0.1) is 0 Å². The van der Waals surface area contributed by atoms with E-state index >= 15 is 0 Å². The van der Waals surface area contributed by atoms with Gasteiger partial charge in [-0.3, -0.25) is 4.72 Å². The molecule has 0 radical (unpaired) electrons. The molecule has 25 heavy (non-hydrogen) atoms. The van der Waals surface area contributed by atoms with Crippen molar-refractivity contribution in [1.82, 2.24) is 4.90 Å². The highest BCUT2D eigenvalue weighted by molar-refractivity contribution is 7.92. The average molecular weight is 400 g/mol. The van der Waals surface area contributed by atoms with Gasteiger partial charge in [-0.05, 0) is 37.4 Å². The van der Waals surface area contributed by atoms with Gasteiger partial charge in [-0.1, -0.05) is 35.3 Å². The molecule has 2 aromatic carbocycles. The first kappa shape index (κ1) is 18.3. The standard InChI is InChI=1S/C17H19Cl2N3O2S/c1-21-6-8-22(9-7-21)17-5-3-2-4-16(17)20-25(23,24)15-11-13(18)10-14(19)12-15/h2-5,10-12,20H,6-9H2,1H3. The van der Waals surface area contributed by atoms with Crippen LogP contribution in [-0.2, 0) is 10.0 Å². The minimum absolute atomic E-state index is 0.0400. The maximum atomic E-state index is 12.7. The van der Waals surface area contributed by atoms with Crippen LogP contribution in [0.25, 0.3) is 0 Å². The third-order valence-corrected chi connectivity index (χ3v) is 5.92. The molecule has 5 nitrogen and oxygen atoms in total. The van der Waals surface area contributed by atoms with E-state index in [1.54, 1.807) is 6.07 Å². The zero-order chi connectivity index (χ0) is 18.0. The lowest BCUT2D eigenvalue weighted by Crippen LogP contribution is -2.44. The maximum Gasteiger partial charge on any atom is 0.262 e. The fourth-order valence-corrected chi connectivity index (χ4v) is 4.57. The molecule has 0 unspecified atom stereocenters. The van der Waals surface area contributed by atoms with E-state index in [0.29, 0.717) is 5.69 Å². The first-order valence-corrected chi connectivity index (χ1v) is 10.1. The highest BCUT2D eigenvalue weighted by atomic mass is 35.5. The van der Waals surface area contributed by atoms with Gasteiger partial charge in [0.1, 0.15) is 0 Å². The van der Waals surface area contributed by atoms with E-state index in [4.69, 9.17) is 23.2 Å². The largest absolute Gasteiger partial charge is 0.367 e. The zero-order valence-corrected chi connectivity index (χ0v) is 16.1. The Morgan fingerprint density at radius 1 is 0.960 bits per heavy atom. The molecule has 134 valence electrons. The van der Waals surface area contributed by atoms with Gasteiger partial charge in [0.05, 0.1) is 16.3 Å². The molecule has 1 heterocycles. The number of rotatable bonds is 4. The highest BCUT2D eigenvalue weighted by Gasteiger charge is 2.21. The van der Waals surface area contributed by atoms with Gasteiger partial charge in [0.25, 0.3) is 10.0 Å². The molecular formula is C17H19Cl2N3O2S. The summed E-state index contributed by atoms with van der Waals surface area (Å²) >= 11 is 11.9. The molecule has 0 saturated carbocycles. The normalized spacial score (nSPS) is 16.0. The van der Waals surface area contributed by atoms with Crippen molar-refractivity contribution in [2.45, 2.75) is 4.90 Å². The van der Waals surface area contributed by atoms with E-state index in [1.165, 1.54) is 18.2 Å². The van der Waals surface area contributed by atoms with Gasteiger partial charge in [0.2, 0.25) is 0 Å². The summed E-state index contributed by atoms with van der Waals surface area (Å²) < 4.78 is 28.1. The number of halogens is 2. The molecule has 1 fully saturated rings. The van der Waals surface area contributed by atoms with Crippen molar-refractivity contribution >= 4 is 44.6 Å². The maximum absolute atomic E-state index is 12.7. The van der Waals surface area contributed by atoms with Crippen LogP contribution in [0.3, 0.4) is 0 Å². The van der Waals surface area contributed by atoms with Crippen molar-refractivity contribution < 1.29 is 8.42 Å². The first-order valence-electron chi connectivity index (χ1n) is 7.86. The van der Waals surface area contributed by atoms with Crippen LogP contribution in [0.5, 0.6) is 0 Å². The summed E-state index contributed by atoms with van der Waals surface area (Å²) in [6.45, 7) is 3.56. The highest BCUT2D eigenvalue weighted by Crippen LogP contribution is 2.30. The number of nitrogens with zero attached hydrogens (tertiary/aromatic N) is 2. The number of benzene rings is 2. The predicted octanol–water partition coefficient (Wildman–Crippen LogP) is 3.55. The number of likely N-dealkylation sites (N-methyl/N-ethyl adjacent to an activating group) is 1. The number of piperazine rings is 1. The molecule has 0 amide bonds. The molecule has 0 spiro atoms. The fraction of sp³-hybridized carbons (Fsp3) is 0.294. The van der Waals surface area contributed by atoms with Gasteiger partial charge >= 0.3 is 0 Å². The van der Waals surface area contributed by atoms with Crippen molar-refractivity contribution in [3.05, 3.63) is 52.5 Å². The van der Waals surface area contributed by atoms with Crippen LogP contribution in [0, 0.1) is 0 Å². The van der Waals surface area contributed by atoms with E-state index in [9.17, 15) is 8.42 Å². The van der Waals surface area contributed by atoms with Crippen molar-refractivity contribution in [3.8, 4) is 0 Å². The van der Waals surface area contributed by atoms with Crippen LogP contribution in [-0.4, -0.2) is 46.5 Å². The van der Waals surface area contributed by atoms with Crippen LogP contribution >= 0.6 is 23.2 Å².